The number of H-pyrrole nitrogens is 1. The Bertz CT molecular complexity index is 4550. The van der Waals surface area contributed by atoms with Crippen molar-refractivity contribution in [2.75, 3.05) is 27.8 Å². The summed E-state index contributed by atoms with van der Waals surface area (Å²) < 4.78 is 37.7. The number of benzene rings is 1. The molecular formula is C60H58N14O18S5. The summed E-state index contributed by atoms with van der Waals surface area (Å²) in [6, 6.07) is 1.13. The number of cyclic esters (lactones) is 2. The van der Waals surface area contributed by atoms with Crippen molar-refractivity contribution in [2.45, 2.75) is 108 Å². The number of allylic oxidation sites excluding steroid dienone is 1. The van der Waals surface area contributed by atoms with E-state index in [1.54, 1.807) is 51.0 Å². The molecule has 97 heavy (non-hydrogen) atoms. The van der Waals surface area contributed by atoms with Gasteiger partial charge in [0.1, 0.15) is 125 Å². The molecule has 0 unspecified atom stereocenters. The highest BCUT2D eigenvalue weighted by atomic mass is 32.1. The fourth-order valence-electron chi connectivity index (χ4n) is 11.6. The van der Waals surface area contributed by atoms with Crippen LogP contribution in [0.15, 0.2) is 56.9 Å². The van der Waals surface area contributed by atoms with Crippen LogP contribution in [0.2, 0.25) is 0 Å². The van der Waals surface area contributed by atoms with Crippen LogP contribution >= 0.6 is 56.7 Å². The van der Waals surface area contributed by atoms with E-state index >= 15 is 9.59 Å². The molecule has 7 amide bonds. The molecular weight excluding hydrogens is 1370 g/mol. The summed E-state index contributed by atoms with van der Waals surface area (Å²) in [5.41, 5.74) is 3.07. The van der Waals surface area contributed by atoms with Crippen LogP contribution in [0, 0.1) is 0 Å². The first kappa shape index (κ1) is 67.6. The third-order valence-corrected chi connectivity index (χ3v) is 20.5. The first-order chi connectivity index (χ1) is 46.2. The molecule has 1 fully saturated rings. The number of esters is 2. The second kappa shape index (κ2) is 27.2. The molecule has 4 aliphatic rings. The van der Waals surface area contributed by atoms with E-state index in [9.17, 15) is 48.9 Å². The second-order valence-corrected chi connectivity index (χ2v) is 27.4. The van der Waals surface area contributed by atoms with Crippen molar-refractivity contribution in [1.29, 1.82) is 0 Å². The Kier molecular flexibility index (Phi) is 19.0. The average molecular weight is 1420 g/mol. The Morgan fingerprint density at radius 2 is 1.49 bits per heavy atom. The van der Waals surface area contributed by atoms with Gasteiger partial charge in [0.05, 0.1) is 37.6 Å². The van der Waals surface area contributed by atoms with Crippen molar-refractivity contribution >= 4 is 127 Å². The zero-order chi connectivity index (χ0) is 69.0. The molecule has 11 heterocycles. The molecule has 1 saturated heterocycles. The Morgan fingerprint density at radius 3 is 2.22 bits per heavy atom. The number of pyridine rings is 1. The quantitative estimate of drug-likeness (QED) is 0.0622. The van der Waals surface area contributed by atoms with Crippen LogP contribution in [0.3, 0.4) is 0 Å². The van der Waals surface area contributed by atoms with E-state index in [0.717, 1.165) is 56.7 Å². The zero-order valence-electron chi connectivity index (χ0n) is 51.9. The van der Waals surface area contributed by atoms with Crippen LogP contribution in [0.5, 0.6) is 5.75 Å². The number of likely N-dealkylation sites (N-methyl/N-ethyl adjacent to an activating group) is 1. The molecule has 10 atom stereocenters. The maximum atomic E-state index is 15.2. The summed E-state index contributed by atoms with van der Waals surface area (Å²) in [4.78, 5) is 158. The van der Waals surface area contributed by atoms with Crippen LogP contribution in [0.1, 0.15) is 125 Å². The molecule has 0 radical (unpaired) electrons. The standard InChI is InChI=1S/C60H58N14O18S5/c1-21(75)37-51(82)71-38(22(2)87-7)55-66-32(19-95-55)49(80)72-42-43-44(92-35-12-60(4,86)45(74(5)6)23(3)91-35)59(85)89-13-24-9-8-10-27-36(24)26(14-88-43)40(62-27)58(84)90-15-28(63-47(78)30-18-97-57(42)68-30)54-64-29(16-94-54)39-25(53-65-31(17-93-53)48(79)70-37)11-34(76)41(69-39)56-67-33(20-96-56)50(81)73-52(83)46(61)77/h8-11,16-21,23,28,35,37,42-45,62,75-76,86H,12-15H2,1-7H3,(H2,61,77)(H,63,78)(H,70,79)(H,71,82)(H,72,80)(H,73,81,83)/b38-22+/t21-,23+,28+,35+,37+,42+,43+,44+,45-,60+/m1/s1. The van der Waals surface area contributed by atoms with Crippen LogP contribution < -0.4 is 32.3 Å². The van der Waals surface area contributed by atoms with Gasteiger partial charge in [0.2, 0.25) is 5.91 Å². The summed E-state index contributed by atoms with van der Waals surface area (Å²) in [5, 5.41) is 54.9. The minimum absolute atomic E-state index is 0.00658. The number of methoxy groups -OCH3 is 1. The maximum absolute atomic E-state index is 15.2. The lowest BCUT2D eigenvalue weighted by Crippen LogP contribution is -2.62. The molecule has 0 spiro atoms. The summed E-state index contributed by atoms with van der Waals surface area (Å²) in [5.74, 6) is -10.1. The van der Waals surface area contributed by atoms with Crippen molar-refractivity contribution < 1.29 is 86.9 Å². The molecule has 4 aliphatic heterocycles. The zero-order valence-corrected chi connectivity index (χ0v) is 56.0. The highest BCUT2D eigenvalue weighted by Gasteiger charge is 2.50. The van der Waals surface area contributed by atoms with Gasteiger partial charge in [-0.2, -0.15) is 0 Å². The number of aromatic amines is 1. The van der Waals surface area contributed by atoms with Crippen molar-refractivity contribution in [3.63, 3.8) is 0 Å². The van der Waals surface area contributed by atoms with E-state index in [4.69, 9.17) is 49.1 Å². The van der Waals surface area contributed by atoms with Gasteiger partial charge in [-0.3, -0.25) is 38.9 Å². The van der Waals surface area contributed by atoms with E-state index < -0.39 is 133 Å². The average Bonchev–Trinajstić information content (AvgIpc) is 1.73. The monoisotopic (exact) mass is 1420 g/mol. The number of fused-ring (bicyclic) bond motifs is 15. The van der Waals surface area contributed by atoms with Gasteiger partial charge in [0.15, 0.2) is 12.4 Å². The minimum atomic E-state index is -1.86. The fraction of sp³-hybridized carbons (Fsp3) is 0.350. The molecule has 8 aromatic rings. The van der Waals surface area contributed by atoms with E-state index in [1.165, 1.54) is 53.9 Å². The second-order valence-electron chi connectivity index (χ2n) is 23.0. The number of rotatable bonds is 7. The van der Waals surface area contributed by atoms with Crippen LogP contribution in [-0.2, 0) is 60.8 Å². The van der Waals surface area contributed by atoms with Gasteiger partial charge < -0.3 is 80.6 Å². The molecule has 1 aromatic carbocycles. The summed E-state index contributed by atoms with van der Waals surface area (Å²) in [6.45, 7) is 4.58. The lowest BCUT2D eigenvalue weighted by atomic mass is 9.85. The summed E-state index contributed by atoms with van der Waals surface area (Å²) >= 11 is 4.44. The first-order valence-corrected chi connectivity index (χ1v) is 33.8. The van der Waals surface area contributed by atoms with Crippen LogP contribution in [0.25, 0.3) is 49.3 Å². The van der Waals surface area contributed by atoms with Gasteiger partial charge in [-0.05, 0) is 59.5 Å². The number of carbonyl (C=O) groups excluding carboxylic acids is 9. The van der Waals surface area contributed by atoms with Crippen LogP contribution in [0.4, 0.5) is 0 Å². The number of hydrogen-bond acceptors (Lipinski definition) is 30. The number of nitrogens with zero attached hydrogens (tertiary/aromatic N) is 7. The van der Waals surface area contributed by atoms with Gasteiger partial charge in [-0.1, -0.05) is 12.1 Å². The number of nitrogens with one attached hydrogen (secondary N) is 6. The number of nitrogens with two attached hydrogens (primary N) is 1. The number of imide groups is 1. The first-order valence-electron chi connectivity index (χ1n) is 29.4. The predicted octanol–water partition coefficient (Wildman–Crippen LogP) is 3.19. The van der Waals surface area contributed by atoms with Gasteiger partial charge in [-0.25, -0.2) is 39.5 Å². The van der Waals surface area contributed by atoms with Crippen molar-refractivity contribution in [1.82, 2.24) is 66.4 Å². The van der Waals surface area contributed by atoms with E-state index in [0.29, 0.717) is 16.5 Å². The number of aliphatic hydroxyl groups is 2. The van der Waals surface area contributed by atoms with E-state index in [1.807, 2.05) is 5.32 Å². The molecule has 12 rings (SSSR count). The molecule has 37 heteroatoms. The Labute approximate surface area is 568 Å². The molecule has 506 valence electrons. The number of hydrogen-bond donors (Lipinski definition) is 10. The lowest BCUT2D eigenvalue weighted by Gasteiger charge is -2.48. The highest BCUT2D eigenvalue weighted by molar-refractivity contribution is 7.14. The predicted molar refractivity (Wildman–Crippen MR) is 345 cm³/mol. The summed E-state index contributed by atoms with van der Waals surface area (Å²) in [7, 11) is 4.86. The van der Waals surface area contributed by atoms with Gasteiger partial charge in [0, 0.05) is 55.4 Å². The summed E-state index contributed by atoms with van der Waals surface area (Å²) in [6.07, 6.45) is -7.35. The Morgan fingerprint density at radius 1 is 0.825 bits per heavy atom. The van der Waals surface area contributed by atoms with E-state index in [2.05, 4.69) is 41.2 Å². The van der Waals surface area contributed by atoms with Gasteiger partial charge >= 0.3 is 23.8 Å². The van der Waals surface area contributed by atoms with E-state index in [-0.39, 0.29) is 106 Å². The van der Waals surface area contributed by atoms with Crippen molar-refractivity contribution in [3.8, 4) is 38.4 Å². The number of aliphatic hydroxyl groups excluding tert-OH is 1. The van der Waals surface area contributed by atoms with Crippen LogP contribution in [-0.4, -0.2) is 185 Å². The molecule has 11 N–H and O–H groups in total. The van der Waals surface area contributed by atoms with Gasteiger partial charge in [-0.15, -0.1) is 56.7 Å². The minimum Gasteiger partial charge on any atom is -0.506 e. The highest BCUT2D eigenvalue weighted by Crippen LogP contribution is 2.43. The molecule has 0 aliphatic carbocycles. The number of primary amides is 1. The van der Waals surface area contributed by atoms with Crippen molar-refractivity contribution in [2.24, 2.45) is 5.73 Å². The number of amides is 7. The number of carbonyl (C=O) groups is 9. The normalized spacial score (nSPS) is 24.1. The third-order valence-electron chi connectivity index (χ3n) is 16.1. The number of aromatic hydroxyl groups is 1. The fourth-order valence-corrected chi connectivity index (χ4v) is 15.8. The maximum Gasteiger partial charge on any atom is 0.355 e. The SMILES string of the molecule is CO/C(C)=C1/NC(=O)[C@H]([C@@H](C)O)NC(=O)c2csc(n2)-c2cc(O)c(-c3nc(C(=O)NC(=O)C(N)=O)cs3)nc2-c2csc(n2)[C@@H]2COC(=O)c3[nH]c4cccc5c4c3CO[C@H]([C@H](O[C@H]3C[C@](C)(O)[C@H](N(C)C)[C@H](C)O3)C(=O)OC5)[C@H](NC(=O)c3csc1n3)c1nc(cs1)C(=O)N2. The number of ether oxygens (including phenoxy) is 6. The third kappa shape index (κ3) is 13.6. The largest absolute Gasteiger partial charge is 0.506 e. The lowest BCUT2D eigenvalue weighted by molar-refractivity contribution is -0.280. The Balaban J connectivity index is 1.03. The topological polar surface area (TPSA) is 452 Å². The van der Waals surface area contributed by atoms with Gasteiger partial charge in [0.25, 0.3) is 23.6 Å². The molecule has 7 aromatic heterocycles. The molecule has 12 bridgehead atoms. The number of aromatic nitrogens is 7. The van der Waals surface area contributed by atoms with Crippen molar-refractivity contribution in [3.05, 3.63) is 112 Å². The number of thiazole rings is 5. The molecule has 32 nitrogen and oxygen atoms in total. The molecule has 0 saturated carbocycles. The smallest absolute Gasteiger partial charge is 0.355 e. The Hall–Kier alpha value is -9.41.